The Morgan fingerprint density at radius 2 is 2.11 bits per heavy atom. The molecule has 1 aromatic carbocycles. The molecule has 1 aromatic heterocycles. The second-order valence-corrected chi connectivity index (χ2v) is 4.75. The van der Waals surface area contributed by atoms with E-state index in [4.69, 9.17) is 11.6 Å². The van der Waals surface area contributed by atoms with Gasteiger partial charge in [-0.15, -0.1) is 11.6 Å². The van der Waals surface area contributed by atoms with Crippen LogP contribution in [0.1, 0.15) is 16.7 Å². The minimum Gasteiger partial charge on any atom is -0.369 e. The third-order valence-corrected chi connectivity index (χ3v) is 3.23. The number of benzene rings is 1. The van der Waals surface area contributed by atoms with Crippen molar-refractivity contribution in [2.24, 2.45) is 0 Å². The Bertz CT molecular complexity index is 525. The molecule has 0 atom stereocenters. The van der Waals surface area contributed by atoms with E-state index in [1.807, 2.05) is 12.3 Å². The van der Waals surface area contributed by atoms with Crippen molar-refractivity contribution in [3.63, 3.8) is 0 Å². The van der Waals surface area contributed by atoms with Gasteiger partial charge in [-0.1, -0.05) is 29.8 Å². The van der Waals surface area contributed by atoms with Gasteiger partial charge in [0.2, 0.25) is 0 Å². The van der Waals surface area contributed by atoms with Crippen LogP contribution in [0.25, 0.3) is 0 Å². The quantitative estimate of drug-likeness (QED) is 0.778. The summed E-state index contributed by atoms with van der Waals surface area (Å²) in [7, 11) is 2.06. The molecule has 0 aliphatic carbocycles. The summed E-state index contributed by atoms with van der Waals surface area (Å²) < 4.78 is 0. The molecule has 0 aliphatic rings. The van der Waals surface area contributed by atoms with Gasteiger partial charge in [-0.3, -0.25) is 4.98 Å². The van der Waals surface area contributed by atoms with Crippen molar-refractivity contribution in [1.29, 1.82) is 0 Å². The largest absolute Gasteiger partial charge is 0.369 e. The van der Waals surface area contributed by atoms with Gasteiger partial charge in [-0.05, 0) is 24.1 Å². The van der Waals surface area contributed by atoms with Crippen LogP contribution in [-0.2, 0) is 12.4 Å². The number of hydrogen-bond donors (Lipinski definition) is 0. The number of rotatable bonds is 4. The van der Waals surface area contributed by atoms with E-state index in [2.05, 4.69) is 48.1 Å². The molecule has 2 rings (SSSR count). The van der Waals surface area contributed by atoms with Gasteiger partial charge in [0.1, 0.15) is 0 Å². The first-order valence-corrected chi connectivity index (χ1v) is 6.49. The Kier molecular flexibility index (Phi) is 4.21. The lowest BCUT2D eigenvalue weighted by Crippen LogP contribution is -2.18. The maximum atomic E-state index is 5.95. The molecule has 0 radical (unpaired) electrons. The number of aryl methyl sites for hydroxylation is 1. The van der Waals surface area contributed by atoms with Gasteiger partial charge in [0.15, 0.2) is 0 Å². The molecule has 94 valence electrons. The number of hydrogen-bond acceptors (Lipinski definition) is 2. The molecule has 0 saturated heterocycles. The SMILES string of the molecule is Cc1cccc(CN(C)c2cnccc2CCl)c1. The van der Waals surface area contributed by atoms with E-state index in [0.29, 0.717) is 5.88 Å². The fourth-order valence-corrected chi connectivity index (χ4v) is 2.27. The molecule has 1 heterocycles. The van der Waals surface area contributed by atoms with E-state index in [9.17, 15) is 0 Å². The summed E-state index contributed by atoms with van der Waals surface area (Å²) in [5, 5.41) is 0. The van der Waals surface area contributed by atoms with E-state index < -0.39 is 0 Å². The molecule has 0 bridgehead atoms. The second kappa shape index (κ2) is 5.87. The molecule has 0 amide bonds. The first-order chi connectivity index (χ1) is 8.70. The van der Waals surface area contributed by atoms with Crippen molar-refractivity contribution < 1.29 is 0 Å². The Balaban J connectivity index is 2.19. The normalized spacial score (nSPS) is 10.4. The van der Waals surface area contributed by atoms with Gasteiger partial charge in [0.25, 0.3) is 0 Å². The number of alkyl halides is 1. The van der Waals surface area contributed by atoms with Gasteiger partial charge in [0.05, 0.1) is 11.9 Å². The van der Waals surface area contributed by atoms with E-state index in [1.165, 1.54) is 11.1 Å². The average Bonchev–Trinajstić information content (AvgIpc) is 2.38. The highest BCUT2D eigenvalue weighted by Crippen LogP contribution is 2.21. The zero-order valence-electron chi connectivity index (χ0n) is 10.7. The van der Waals surface area contributed by atoms with Crippen LogP contribution in [0.3, 0.4) is 0 Å². The summed E-state index contributed by atoms with van der Waals surface area (Å²) >= 11 is 5.95. The molecule has 2 aromatic rings. The van der Waals surface area contributed by atoms with Crippen LogP contribution < -0.4 is 4.90 Å². The lowest BCUT2D eigenvalue weighted by molar-refractivity contribution is 0.908. The van der Waals surface area contributed by atoms with Crippen molar-refractivity contribution in [2.45, 2.75) is 19.3 Å². The number of anilines is 1. The minimum atomic E-state index is 0.510. The standard InChI is InChI=1S/C15H17ClN2/c1-12-4-3-5-13(8-12)11-18(2)15-10-17-7-6-14(15)9-16/h3-8,10H,9,11H2,1-2H3. The molecule has 2 nitrogen and oxygen atoms in total. The summed E-state index contributed by atoms with van der Waals surface area (Å²) in [4.78, 5) is 6.35. The van der Waals surface area contributed by atoms with E-state index in [1.54, 1.807) is 6.20 Å². The average molecular weight is 261 g/mol. The summed E-state index contributed by atoms with van der Waals surface area (Å²) in [6.07, 6.45) is 3.65. The molecule has 0 N–H and O–H groups in total. The molecule has 3 heteroatoms. The highest BCUT2D eigenvalue weighted by atomic mass is 35.5. The molecular weight excluding hydrogens is 244 g/mol. The van der Waals surface area contributed by atoms with Crippen LogP contribution in [-0.4, -0.2) is 12.0 Å². The van der Waals surface area contributed by atoms with Crippen LogP contribution in [0.4, 0.5) is 5.69 Å². The fraction of sp³-hybridized carbons (Fsp3) is 0.267. The number of halogens is 1. The molecule has 0 fully saturated rings. The van der Waals surface area contributed by atoms with Crippen molar-refractivity contribution >= 4 is 17.3 Å². The van der Waals surface area contributed by atoms with Crippen molar-refractivity contribution in [3.05, 3.63) is 59.4 Å². The van der Waals surface area contributed by atoms with Crippen molar-refractivity contribution in [3.8, 4) is 0 Å². The summed E-state index contributed by atoms with van der Waals surface area (Å²) in [6.45, 7) is 2.97. The summed E-state index contributed by atoms with van der Waals surface area (Å²) in [6, 6.07) is 10.5. The Morgan fingerprint density at radius 3 is 2.83 bits per heavy atom. The number of aromatic nitrogens is 1. The summed E-state index contributed by atoms with van der Waals surface area (Å²) in [5.41, 5.74) is 4.78. The highest BCUT2D eigenvalue weighted by Gasteiger charge is 2.07. The minimum absolute atomic E-state index is 0.510. The third-order valence-electron chi connectivity index (χ3n) is 2.95. The predicted octanol–water partition coefficient (Wildman–Crippen LogP) is 3.77. The molecule has 0 unspecified atom stereocenters. The van der Waals surface area contributed by atoms with Crippen LogP contribution >= 0.6 is 11.6 Å². The van der Waals surface area contributed by atoms with Gasteiger partial charge >= 0.3 is 0 Å². The number of nitrogens with zero attached hydrogens (tertiary/aromatic N) is 2. The monoisotopic (exact) mass is 260 g/mol. The first-order valence-electron chi connectivity index (χ1n) is 5.96. The molecule has 0 aliphatic heterocycles. The zero-order valence-corrected chi connectivity index (χ0v) is 11.5. The third kappa shape index (κ3) is 3.02. The maximum absolute atomic E-state index is 5.95. The lowest BCUT2D eigenvalue weighted by Gasteiger charge is -2.21. The Morgan fingerprint density at radius 1 is 1.28 bits per heavy atom. The lowest BCUT2D eigenvalue weighted by atomic mass is 10.1. The van der Waals surface area contributed by atoms with Gasteiger partial charge in [0, 0.05) is 25.7 Å². The molecule has 0 spiro atoms. The Labute approximate surface area is 113 Å². The highest BCUT2D eigenvalue weighted by molar-refractivity contribution is 6.17. The smallest absolute Gasteiger partial charge is 0.0597 e. The molecule has 18 heavy (non-hydrogen) atoms. The van der Waals surface area contributed by atoms with Crippen molar-refractivity contribution in [1.82, 2.24) is 4.98 Å². The Hall–Kier alpha value is -1.54. The van der Waals surface area contributed by atoms with Crippen LogP contribution in [0, 0.1) is 6.92 Å². The van der Waals surface area contributed by atoms with Crippen LogP contribution in [0.5, 0.6) is 0 Å². The van der Waals surface area contributed by atoms with E-state index in [0.717, 1.165) is 17.8 Å². The predicted molar refractivity (Wildman–Crippen MR) is 77.1 cm³/mol. The topological polar surface area (TPSA) is 16.1 Å². The van der Waals surface area contributed by atoms with Crippen molar-refractivity contribution in [2.75, 3.05) is 11.9 Å². The van der Waals surface area contributed by atoms with Gasteiger partial charge < -0.3 is 4.90 Å². The summed E-state index contributed by atoms with van der Waals surface area (Å²) in [5.74, 6) is 0.510. The molecule has 0 saturated carbocycles. The number of pyridine rings is 1. The van der Waals surface area contributed by atoms with E-state index >= 15 is 0 Å². The first kappa shape index (κ1) is 12.9. The fourth-order valence-electron chi connectivity index (χ4n) is 2.04. The molecular formula is C15H17ClN2. The van der Waals surface area contributed by atoms with Gasteiger partial charge in [-0.2, -0.15) is 0 Å². The maximum Gasteiger partial charge on any atom is 0.0597 e. The van der Waals surface area contributed by atoms with Crippen LogP contribution in [0.2, 0.25) is 0 Å². The van der Waals surface area contributed by atoms with Crippen LogP contribution in [0.15, 0.2) is 42.7 Å². The zero-order chi connectivity index (χ0) is 13.0. The van der Waals surface area contributed by atoms with Gasteiger partial charge in [-0.25, -0.2) is 0 Å². The second-order valence-electron chi connectivity index (χ2n) is 4.48. The van der Waals surface area contributed by atoms with E-state index in [-0.39, 0.29) is 0 Å².